The highest BCUT2D eigenvalue weighted by Crippen LogP contribution is 2.24. The molecule has 1 N–H and O–H groups in total. The topological polar surface area (TPSA) is 38.8 Å². The maximum absolute atomic E-state index is 13.4. The van der Waals surface area contributed by atoms with Crippen LogP contribution in [0, 0.1) is 12.7 Å². The Balaban J connectivity index is 1.65. The fraction of sp³-hybridized carbons (Fsp3) is 0.409. The molecule has 0 bridgehead atoms. The molecule has 0 aliphatic carbocycles. The van der Waals surface area contributed by atoms with Gasteiger partial charge in [0.25, 0.3) is 0 Å². The number of urea groups is 1. The molecule has 1 aliphatic heterocycles. The molecule has 3 rings (SSSR count). The van der Waals surface area contributed by atoms with Gasteiger partial charge in [-0.15, -0.1) is 0 Å². The molecule has 1 saturated heterocycles. The van der Waals surface area contributed by atoms with E-state index in [1.54, 1.807) is 11.0 Å². The molecule has 0 aromatic heterocycles. The van der Waals surface area contributed by atoms with Crippen LogP contribution in [0.5, 0.6) is 0 Å². The van der Waals surface area contributed by atoms with E-state index < -0.39 is 0 Å². The van der Waals surface area contributed by atoms with Crippen molar-refractivity contribution in [1.29, 1.82) is 0 Å². The van der Waals surface area contributed by atoms with E-state index in [1.807, 2.05) is 26.0 Å². The number of amides is 2. The Morgan fingerprint density at radius 2 is 1.89 bits per heavy atom. The van der Waals surface area contributed by atoms with Crippen molar-refractivity contribution < 1.29 is 9.18 Å². The van der Waals surface area contributed by atoms with E-state index in [0.717, 1.165) is 43.0 Å². The van der Waals surface area contributed by atoms with Crippen molar-refractivity contribution in [1.82, 2.24) is 9.80 Å². The van der Waals surface area contributed by atoms with Crippen LogP contribution in [0.4, 0.5) is 20.6 Å². The number of hydrogen-bond acceptors (Lipinski definition) is 3. The van der Waals surface area contributed by atoms with E-state index in [2.05, 4.69) is 34.3 Å². The van der Waals surface area contributed by atoms with Gasteiger partial charge in [-0.05, 0) is 62.4 Å². The number of anilines is 2. The first-order valence-corrected chi connectivity index (χ1v) is 9.80. The molecular formula is C22H29FN4O. The van der Waals surface area contributed by atoms with E-state index >= 15 is 0 Å². The third kappa shape index (κ3) is 5.01. The number of aryl methyl sites for hydroxylation is 1. The first-order chi connectivity index (χ1) is 13.5. The summed E-state index contributed by atoms with van der Waals surface area (Å²) in [6.45, 7) is 8.99. The number of benzene rings is 2. The molecule has 1 aliphatic rings. The minimum absolute atomic E-state index is 0.179. The molecule has 0 unspecified atom stereocenters. The van der Waals surface area contributed by atoms with Crippen molar-refractivity contribution in [2.45, 2.75) is 20.4 Å². The average molecular weight is 384 g/mol. The SMILES string of the molecule is CCN(Cc1cccc(F)c1)C(=O)Nc1ccc(N2CCN(C)CC2)cc1C. The number of piperazine rings is 1. The van der Waals surface area contributed by atoms with Gasteiger partial charge in [0.2, 0.25) is 0 Å². The highest BCUT2D eigenvalue weighted by atomic mass is 19.1. The highest BCUT2D eigenvalue weighted by Gasteiger charge is 2.17. The van der Waals surface area contributed by atoms with Crippen molar-refractivity contribution in [3.05, 3.63) is 59.4 Å². The zero-order chi connectivity index (χ0) is 20.1. The maximum atomic E-state index is 13.4. The Bertz CT molecular complexity index is 818. The van der Waals surface area contributed by atoms with Crippen LogP contribution < -0.4 is 10.2 Å². The van der Waals surface area contributed by atoms with Crippen LogP contribution in [0.2, 0.25) is 0 Å². The summed E-state index contributed by atoms with van der Waals surface area (Å²) in [5, 5.41) is 3.00. The molecular weight excluding hydrogens is 355 g/mol. The van der Waals surface area contributed by atoms with E-state index in [9.17, 15) is 9.18 Å². The summed E-state index contributed by atoms with van der Waals surface area (Å²) in [4.78, 5) is 19.1. The summed E-state index contributed by atoms with van der Waals surface area (Å²) < 4.78 is 13.4. The Hall–Kier alpha value is -2.60. The normalized spacial score (nSPS) is 14.8. The molecule has 0 radical (unpaired) electrons. The zero-order valence-electron chi connectivity index (χ0n) is 16.9. The number of likely N-dealkylation sites (N-methyl/N-ethyl adjacent to an activating group) is 1. The Kier molecular flexibility index (Phi) is 6.52. The van der Waals surface area contributed by atoms with Gasteiger partial charge in [0.15, 0.2) is 0 Å². The van der Waals surface area contributed by atoms with Crippen LogP contribution in [0.15, 0.2) is 42.5 Å². The van der Waals surface area contributed by atoms with Crippen molar-refractivity contribution in [2.24, 2.45) is 0 Å². The number of carbonyl (C=O) groups is 1. The van der Waals surface area contributed by atoms with Crippen LogP contribution in [-0.2, 0) is 6.54 Å². The van der Waals surface area contributed by atoms with Crippen LogP contribution in [0.1, 0.15) is 18.1 Å². The number of rotatable bonds is 5. The van der Waals surface area contributed by atoms with Gasteiger partial charge < -0.3 is 20.0 Å². The zero-order valence-corrected chi connectivity index (χ0v) is 16.9. The third-order valence-electron chi connectivity index (χ3n) is 5.25. The lowest BCUT2D eigenvalue weighted by molar-refractivity contribution is 0.212. The van der Waals surface area contributed by atoms with Crippen LogP contribution in [-0.4, -0.2) is 55.6 Å². The van der Waals surface area contributed by atoms with E-state index in [4.69, 9.17) is 0 Å². The molecule has 0 spiro atoms. The number of nitrogens with one attached hydrogen (secondary N) is 1. The van der Waals surface area contributed by atoms with Gasteiger partial charge in [-0.1, -0.05) is 12.1 Å². The molecule has 5 nitrogen and oxygen atoms in total. The minimum atomic E-state index is -0.288. The molecule has 1 fully saturated rings. The maximum Gasteiger partial charge on any atom is 0.322 e. The standard InChI is InChI=1S/C22H29FN4O/c1-4-26(16-18-6-5-7-19(23)15-18)22(28)24-21-9-8-20(14-17(21)2)27-12-10-25(3)11-13-27/h5-9,14-15H,4,10-13,16H2,1-3H3,(H,24,28). The van der Waals surface area contributed by atoms with Crippen LogP contribution in [0.25, 0.3) is 0 Å². The molecule has 2 aromatic carbocycles. The molecule has 2 amide bonds. The van der Waals surface area contributed by atoms with Gasteiger partial charge in [-0.25, -0.2) is 9.18 Å². The number of carbonyl (C=O) groups excluding carboxylic acids is 1. The monoisotopic (exact) mass is 384 g/mol. The summed E-state index contributed by atoms with van der Waals surface area (Å²) in [5.41, 5.74) is 3.81. The molecule has 6 heteroatoms. The summed E-state index contributed by atoms with van der Waals surface area (Å²) in [5.74, 6) is -0.288. The Morgan fingerprint density at radius 3 is 2.54 bits per heavy atom. The van der Waals surface area contributed by atoms with E-state index in [0.29, 0.717) is 13.1 Å². The van der Waals surface area contributed by atoms with Crippen molar-refractivity contribution >= 4 is 17.4 Å². The molecule has 2 aromatic rings. The number of hydrogen-bond donors (Lipinski definition) is 1. The quantitative estimate of drug-likeness (QED) is 0.849. The number of halogens is 1. The summed E-state index contributed by atoms with van der Waals surface area (Å²) >= 11 is 0. The lowest BCUT2D eigenvalue weighted by Crippen LogP contribution is -2.44. The van der Waals surface area contributed by atoms with Gasteiger partial charge in [0, 0.05) is 50.6 Å². The number of nitrogens with zero attached hydrogens (tertiary/aromatic N) is 3. The Morgan fingerprint density at radius 1 is 1.14 bits per heavy atom. The molecule has 1 heterocycles. The smallest absolute Gasteiger partial charge is 0.322 e. The van der Waals surface area contributed by atoms with Crippen molar-refractivity contribution in [3.63, 3.8) is 0 Å². The van der Waals surface area contributed by atoms with Crippen molar-refractivity contribution in [2.75, 3.05) is 50.0 Å². The summed E-state index contributed by atoms with van der Waals surface area (Å²) in [7, 11) is 2.14. The van der Waals surface area contributed by atoms with Gasteiger partial charge in [0.05, 0.1) is 0 Å². The lowest BCUT2D eigenvalue weighted by Gasteiger charge is -2.34. The average Bonchev–Trinajstić information content (AvgIpc) is 2.68. The molecule has 28 heavy (non-hydrogen) atoms. The fourth-order valence-corrected chi connectivity index (χ4v) is 3.43. The predicted octanol–water partition coefficient (Wildman–Crippen LogP) is 3.94. The van der Waals surface area contributed by atoms with Crippen molar-refractivity contribution in [3.8, 4) is 0 Å². The molecule has 0 saturated carbocycles. The summed E-state index contributed by atoms with van der Waals surface area (Å²) in [6, 6.07) is 12.4. The molecule has 150 valence electrons. The second-order valence-corrected chi connectivity index (χ2v) is 7.36. The second kappa shape index (κ2) is 9.06. The second-order valence-electron chi connectivity index (χ2n) is 7.36. The highest BCUT2D eigenvalue weighted by molar-refractivity contribution is 5.90. The summed E-state index contributed by atoms with van der Waals surface area (Å²) in [6.07, 6.45) is 0. The Labute approximate surface area is 166 Å². The van der Waals surface area contributed by atoms with Crippen LogP contribution >= 0.6 is 0 Å². The third-order valence-corrected chi connectivity index (χ3v) is 5.25. The fourth-order valence-electron chi connectivity index (χ4n) is 3.43. The lowest BCUT2D eigenvalue weighted by atomic mass is 10.1. The van der Waals surface area contributed by atoms with E-state index in [-0.39, 0.29) is 11.8 Å². The predicted molar refractivity (Wildman–Crippen MR) is 112 cm³/mol. The largest absolute Gasteiger partial charge is 0.369 e. The van der Waals surface area contributed by atoms with Gasteiger partial charge in [-0.2, -0.15) is 0 Å². The minimum Gasteiger partial charge on any atom is -0.369 e. The van der Waals surface area contributed by atoms with Gasteiger partial charge >= 0.3 is 6.03 Å². The van der Waals surface area contributed by atoms with Gasteiger partial charge in [0.1, 0.15) is 5.82 Å². The first kappa shape index (κ1) is 20.1. The van der Waals surface area contributed by atoms with Gasteiger partial charge in [-0.3, -0.25) is 0 Å². The molecule has 0 atom stereocenters. The first-order valence-electron chi connectivity index (χ1n) is 9.80. The van der Waals surface area contributed by atoms with Crippen LogP contribution in [0.3, 0.4) is 0 Å². The van der Waals surface area contributed by atoms with E-state index in [1.165, 1.54) is 17.8 Å².